The molecule has 3 amide bonds. The van der Waals surface area contributed by atoms with E-state index in [1.54, 1.807) is 13.8 Å². The first-order valence-corrected chi connectivity index (χ1v) is 15.3. The minimum Gasteiger partial charge on any atom is -0.361 e. The number of carbonyl (C=O) groups excluding carboxylic acids is 4. The molecule has 1 aliphatic rings. The van der Waals surface area contributed by atoms with Crippen molar-refractivity contribution in [2.45, 2.75) is 44.0 Å². The fraction of sp³-hybridized carbons (Fsp3) is 0.480. The Balaban J connectivity index is 1.70. The molecule has 1 saturated heterocycles. The van der Waals surface area contributed by atoms with Crippen LogP contribution in [0.25, 0.3) is 0 Å². The van der Waals surface area contributed by atoms with Crippen LogP contribution >= 0.6 is 34.9 Å². The highest BCUT2D eigenvalue weighted by Crippen LogP contribution is 2.29. The molecule has 0 radical (unpaired) electrons. The Morgan fingerprint density at radius 1 is 1.00 bits per heavy atom. The standard InChI is InChI=1S/C25H32N4O5S3/c1-15-26-11-20(37-15)24(33)29-19(13-36-4)23(32)28-18(12-35-3)22(31)27-17(21(30)25(2)14-34-25)10-16-8-6-5-7-9-16/h5-9,11,17-19H,10,12-14H2,1-4H3,(H,27,31)(H,28,32)(H,29,33)/t17-,18-,19-,25+/m0/s1. The highest BCUT2D eigenvalue weighted by Gasteiger charge is 2.50. The van der Waals surface area contributed by atoms with Crippen LogP contribution in [0.15, 0.2) is 36.5 Å². The third-order valence-corrected chi connectivity index (χ3v) is 8.03. The lowest BCUT2D eigenvalue weighted by Gasteiger charge is -2.25. The molecular weight excluding hydrogens is 532 g/mol. The molecule has 3 N–H and O–H groups in total. The smallest absolute Gasteiger partial charge is 0.263 e. The van der Waals surface area contributed by atoms with Gasteiger partial charge >= 0.3 is 0 Å². The van der Waals surface area contributed by atoms with Gasteiger partial charge in [0.05, 0.1) is 23.9 Å². The lowest BCUT2D eigenvalue weighted by Crippen LogP contribution is -2.58. The van der Waals surface area contributed by atoms with Crippen molar-refractivity contribution in [3.63, 3.8) is 0 Å². The maximum absolute atomic E-state index is 13.3. The van der Waals surface area contributed by atoms with Crippen molar-refractivity contribution < 1.29 is 23.9 Å². The summed E-state index contributed by atoms with van der Waals surface area (Å²) in [6.45, 7) is 3.82. The first kappa shape index (κ1) is 29.2. The number of aryl methyl sites for hydroxylation is 1. The van der Waals surface area contributed by atoms with Gasteiger partial charge in [0, 0.05) is 11.5 Å². The van der Waals surface area contributed by atoms with E-state index in [1.165, 1.54) is 41.1 Å². The minimum atomic E-state index is -0.909. The van der Waals surface area contributed by atoms with Crippen molar-refractivity contribution >= 4 is 58.4 Å². The van der Waals surface area contributed by atoms with Crippen LogP contribution in [0.5, 0.6) is 0 Å². The van der Waals surface area contributed by atoms with Crippen LogP contribution in [0.4, 0.5) is 0 Å². The Morgan fingerprint density at radius 3 is 2.08 bits per heavy atom. The molecule has 1 fully saturated rings. The lowest BCUT2D eigenvalue weighted by atomic mass is 9.94. The summed E-state index contributed by atoms with van der Waals surface area (Å²) >= 11 is 4.03. The molecule has 0 saturated carbocycles. The summed E-state index contributed by atoms with van der Waals surface area (Å²) in [4.78, 5) is 56.7. The predicted octanol–water partition coefficient (Wildman–Crippen LogP) is 1.85. The summed E-state index contributed by atoms with van der Waals surface area (Å²) in [5, 5.41) is 9.11. The second-order valence-electron chi connectivity index (χ2n) is 8.88. The van der Waals surface area contributed by atoms with Crippen LogP contribution in [-0.4, -0.2) is 82.8 Å². The summed E-state index contributed by atoms with van der Waals surface area (Å²) in [7, 11) is 0. The third kappa shape index (κ3) is 8.29. The van der Waals surface area contributed by atoms with Gasteiger partial charge in [0.25, 0.3) is 5.91 Å². The monoisotopic (exact) mass is 564 g/mol. The van der Waals surface area contributed by atoms with Crippen LogP contribution in [0.1, 0.15) is 27.2 Å². The molecule has 200 valence electrons. The third-order valence-electron chi connectivity index (χ3n) is 5.78. The SMILES string of the molecule is CSC[C@H](NC(=O)c1cnc(C)s1)C(=O)N[C@@H](CSC)C(=O)N[C@@H](Cc1ccccc1)C(=O)[C@@]1(C)CO1. The van der Waals surface area contributed by atoms with Gasteiger partial charge in [0.1, 0.15) is 22.6 Å². The number of benzene rings is 1. The number of thioether (sulfide) groups is 2. The van der Waals surface area contributed by atoms with Crippen LogP contribution in [0.2, 0.25) is 0 Å². The largest absolute Gasteiger partial charge is 0.361 e. The zero-order chi connectivity index (χ0) is 27.0. The molecule has 37 heavy (non-hydrogen) atoms. The fourth-order valence-electron chi connectivity index (χ4n) is 3.62. The molecule has 2 heterocycles. The zero-order valence-corrected chi connectivity index (χ0v) is 23.7. The number of rotatable bonds is 14. The van der Waals surface area contributed by atoms with Crippen LogP contribution in [0.3, 0.4) is 0 Å². The van der Waals surface area contributed by atoms with E-state index in [4.69, 9.17) is 4.74 Å². The van der Waals surface area contributed by atoms with Crippen LogP contribution in [0, 0.1) is 6.92 Å². The van der Waals surface area contributed by atoms with E-state index in [0.29, 0.717) is 29.4 Å². The number of aromatic nitrogens is 1. The molecule has 0 aliphatic carbocycles. The minimum absolute atomic E-state index is 0.202. The molecule has 1 aromatic heterocycles. The molecule has 1 aliphatic heterocycles. The first-order valence-electron chi connectivity index (χ1n) is 11.7. The van der Waals surface area contributed by atoms with E-state index in [9.17, 15) is 19.2 Å². The molecule has 4 atom stereocenters. The molecule has 9 nitrogen and oxygen atoms in total. The van der Waals surface area contributed by atoms with E-state index < -0.39 is 41.4 Å². The number of thiazole rings is 1. The van der Waals surface area contributed by atoms with Crippen molar-refractivity contribution in [3.05, 3.63) is 52.0 Å². The van der Waals surface area contributed by atoms with Gasteiger partial charge in [-0.1, -0.05) is 30.3 Å². The van der Waals surface area contributed by atoms with E-state index in [2.05, 4.69) is 20.9 Å². The fourth-order valence-corrected chi connectivity index (χ4v) is 5.43. The number of amides is 3. The summed E-state index contributed by atoms with van der Waals surface area (Å²) in [5.74, 6) is -0.905. The van der Waals surface area contributed by atoms with Gasteiger partial charge in [-0.25, -0.2) is 4.98 Å². The normalized spacial score (nSPS) is 18.8. The molecular formula is C25H32N4O5S3. The van der Waals surface area contributed by atoms with Crippen LogP contribution in [-0.2, 0) is 25.5 Å². The number of ether oxygens (including phenoxy) is 1. The molecule has 1 aromatic carbocycles. The summed E-state index contributed by atoms with van der Waals surface area (Å²) < 4.78 is 5.34. The maximum atomic E-state index is 13.3. The van der Waals surface area contributed by atoms with Gasteiger partial charge < -0.3 is 20.7 Å². The summed E-state index contributed by atoms with van der Waals surface area (Å²) in [6, 6.07) is 6.87. The summed E-state index contributed by atoms with van der Waals surface area (Å²) in [5.41, 5.74) is -0.00911. The average Bonchev–Trinajstić information content (AvgIpc) is 3.48. The Hall–Kier alpha value is -2.41. The molecule has 3 rings (SSSR count). The topological polar surface area (TPSA) is 130 Å². The Bertz CT molecular complexity index is 1110. The van der Waals surface area contributed by atoms with E-state index in [1.807, 2.05) is 42.8 Å². The number of nitrogens with one attached hydrogen (secondary N) is 3. The molecule has 2 aromatic rings. The average molecular weight is 565 g/mol. The van der Waals surface area contributed by atoms with Gasteiger partial charge in [-0.15, -0.1) is 11.3 Å². The van der Waals surface area contributed by atoms with Gasteiger partial charge in [-0.3, -0.25) is 19.2 Å². The van der Waals surface area contributed by atoms with Gasteiger partial charge in [-0.2, -0.15) is 23.5 Å². The van der Waals surface area contributed by atoms with Crippen molar-refractivity contribution in [1.82, 2.24) is 20.9 Å². The number of hydrogen-bond donors (Lipinski definition) is 3. The predicted molar refractivity (Wildman–Crippen MR) is 148 cm³/mol. The van der Waals surface area contributed by atoms with Crippen molar-refractivity contribution in [3.8, 4) is 0 Å². The van der Waals surface area contributed by atoms with Gasteiger partial charge in [0.2, 0.25) is 11.8 Å². The van der Waals surface area contributed by atoms with Gasteiger partial charge in [0.15, 0.2) is 5.78 Å². The Labute approximate surface area is 229 Å². The summed E-state index contributed by atoms with van der Waals surface area (Å²) in [6.07, 6.45) is 5.44. The van der Waals surface area contributed by atoms with Crippen molar-refractivity contribution in [2.24, 2.45) is 0 Å². The molecule has 12 heteroatoms. The lowest BCUT2D eigenvalue weighted by molar-refractivity contribution is -0.132. The molecule has 0 bridgehead atoms. The number of ketones is 1. The van der Waals surface area contributed by atoms with Gasteiger partial charge in [-0.05, 0) is 38.3 Å². The number of Topliss-reactive ketones (excluding diaryl/α,β-unsaturated/α-hetero) is 1. The number of hydrogen-bond acceptors (Lipinski definition) is 9. The Kier molecular flexibility index (Phi) is 10.6. The quantitative estimate of drug-likeness (QED) is 0.297. The van der Waals surface area contributed by atoms with E-state index >= 15 is 0 Å². The number of epoxide rings is 1. The molecule has 0 unspecified atom stereocenters. The van der Waals surface area contributed by atoms with Crippen LogP contribution < -0.4 is 16.0 Å². The number of carbonyl (C=O) groups is 4. The molecule has 0 spiro atoms. The second kappa shape index (κ2) is 13.4. The first-order chi connectivity index (χ1) is 17.7. The number of nitrogens with zero attached hydrogens (tertiary/aromatic N) is 1. The Morgan fingerprint density at radius 2 is 1.57 bits per heavy atom. The van der Waals surface area contributed by atoms with Crippen molar-refractivity contribution in [2.75, 3.05) is 30.6 Å². The highest BCUT2D eigenvalue weighted by molar-refractivity contribution is 7.98. The highest BCUT2D eigenvalue weighted by atomic mass is 32.2. The van der Waals surface area contributed by atoms with E-state index in [-0.39, 0.29) is 5.78 Å². The second-order valence-corrected chi connectivity index (χ2v) is 11.9. The van der Waals surface area contributed by atoms with E-state index in [0.717, 1.165) is 10.6 Å². The zero-order valence-electron chi connectivity index (χ0n) is 21.2. The van der Waals surface area contributed by atoms with Crippen molar-refractivity contribution in [1.29, 1.82) is 0 Å². The maximum Gasteiger partial charge on any atom is 0.263 e.